The molecule has 0 bridgehead atoms. The summed E-state index contributed by atoms with van der Waals surface area (Å²) >= 11 is 1.58. The van der Waals surface area contributed by atoms with Crippen LogP contribution in [0.5, 0.6) is 0 Å². The summed E-state index contributed by atoms with van der Waals surface area (Å²) in [5, 5.41) is 1.08. The monoisotopic (exact) mass is 291 g/mol. The maximum atomic E-state index is 12.2. The second-order valence-corrected chi connectivity index (χ2v) is 6.81. The number of H-pyrrole nitrogens is 1. The Balaban J connectivity index is 1.81. The molecule has 1 N–H and O–H groups in total. The quantitative estimate of drug-likeness (QED) is 0.944. The topological polar surface area (TPSA) is 67.9 Å². The Bertz CT molecular complexity index is 711. The van der Waals surface area contributed by atoms with E-state index in [4.69, 9.17) is 4.74 Å². The van der Waals surface area contributed by atoms with Gasteiger partial charge < -0.3 is 9.72 Å². The van der Waals surface area contributed by atoms with Gasteiger partial charge in [-0.25, -0.2) is 9.97 Å². The van der Waals surface area contributed by atoms with E-state index >= 15 is 0 Å². The maximum Gasteiger partial charge on any atom is 0.278 e. The van der Waals surface area contributed by atoms with E-state index in [0.29, 0.717) is 17.3 Å². The molecule has 0 aromatic carbocycles. The fourth-order valence-corrected chi connectivity index (χ4v) is 4.17. The lowest BCUT2D eigenvalue weighted by molar-refractivity contribution is 0.0712. The van der Waals surface area contributed by atoms with Gasteiger partial charge in [0.05, 0.1) is 5.01 Å². The first-order valence-corrected chi connectivity index (χ1v) is 8.00. The predicted molar refractivity (Wildman–Crippen MR) is 77.2 cm³/mol. The van der Waals surface area contributed by atoms with Crippen molar-refractivity contribution in [1.29, 1.82) is 0 Å². The molecule has 6 heteroatoms. The largest absolute Gasteiger partial charge is 0.370 e. The fraction of sp³-hybridized carbons (Fsp3) is 0.643. The molecule has 106 valence electrons. The van der Waals surface area contributed by atoms with E-state index in [0.717, 1.165) is 22.7 Å². The number of rotatable bonds is 3. The molecule has 0 unspecified atom stereocenters. The first kappa shape index (κ1) is 12.5. The van der Waals surface area contributed by atoms with Gasteiger partial charge in [0.15, 0.2) is 10.3 Å². The van der Waals surface area contributed by atoms with Crippen molar-refractivity contribution in [2.24, 2.45) is 0 Å². The lowest BCUT2D eigenvalue weighted by Gasteiger charge is -2.11. The number of ether oxygens (including phenoxy) is 1. The molecule has 0 saturated heterocycles. The molecule has 20 heavy (non-hydrogen) atoms. The van der Waals surface area contributed by atoms with Crippen molar-refractivity contribution in [2.45, 2.75) is 50.0 Å². The normalized spacial score (nSPS) is 21.6. The molecule has 2 heterocycles. The fourth-order valence-electron chi connectivity index (χ4n) is 3.06. The lowest BCUT2D eigenvalue weighted by atomic mass is 10.1. The summed E-state index contributed by atoms with van der Waals surface area (Å²) in [5.41, 5.74) is 0.00610. The minimum atomic E-state index is -0.356. The molecule has 0 aliphatic heterocycles. The van der Waals surface area contributed by atoms with Crippen LogP contribution in [0.2, 0.25) is 0 Å². The second-order valence-electron chi connectivity index (χ2n) is 5.80. The molecular formula is C14H17N3O2S. The summed E-state index contributed by atoms with van der Waals surface area (Å²) in [4.78, 5) is 25.0. The average molecular weight is 291 g/mol. The highest BCUT2D eigenvalue weighted by molar-refractivity contribution is 7.18. The predicted octanol–water partition coefficient (Wildman–Crippen LogP) is 2.67. The summed E-state index contributed by atoms with van der Waals surface area (Å²) in [6.45, 7) is 0. The number of aromatic amines is 1. The Morgan fingerprint density at radius 3 is 2.70 bits per heavy atom. The summed E-state index contributed by atoms with van der Waals surface area (Å²) in [7, 11) is 1.67. The van der Waals surface area contributed by atoms with Gasteiger partial charge in [-0.2, -0.15) is 0 Å². The Kier molecular flexibility index (Phi) is 2.72. The zero-order valence-corrected chi connectivity index (χ0v) is 12.3. The van der Waals surface area contributed by atoms with Gasteiger partial charge in [-0.05, 0) is 25.7 Å². The van der Waals surface area contributed by atoms with Crippen LogP contribution in [0.3, 0.4) is 0 Å². The Morgan fingerprint density at radius 1 is 1.30 bits per heavy atom. The third kappa shape index (κ3) is 1.82. The third-order valence-electron chi connectivity index (χ3n) is 4.52. The van der Waals surface area contributed by atoms with E-state index in [1.807, 2.05) is 0 Å². The van der Waals surface area contributed by atoms with Crippen LogP contribution >= 0.6 is 11.3 Å². The van der Waals surface area contributed by atoms with Crippen LogP contribution in [0.4, 0.5) is 0 Å². The van der Waals surface area contributed by atoms with Crippen LogP contribution in [0, 0.1) is 0 Å². The number of thiazole rings is 1. The van der Waals surface area contributed by atoms with Gasteiger partial charge in [-0.3, -0.25) is 4.79 Å². The van der Waals surface area contributed by atoms with Crippen molar-refractivity contribution in [1.82, 2.24) is 15.0 Å². The lowest BCUT2D eigenvalue weighted by Crippen LogP contribution is -2.20. The van der Waals surface area contributed by atoms with Crippen LogP contribution in [0.15, 0.2) is 4.79 Å². The van der Waals surface area contributed by atoms with Crippen LogP contribution in [-0.2, 0) is 10.3 Å². The van der Waals surface area contributed by atoms with Crippen molar-refractivity contribution in [3.8, 4) is 0 Å². The molecule has 2 aliphatic carbocycles. The van der Waals surface area contributed by atoms with Crippen LogP contribution in [-0.4, -0.2) is 22.1 Å². The number of nitrogens with one attached hydrogen (secondary N) is 1. The smallest absolute Gasteiger partial charge is 0.278 e. The molecule has 0 amide bonds. The SMILES string of the molecule is COC1(c2nc3sc(C4CCCC4)nc3c(=O)[nH]2)CC1. The van der Waals surface area contributed by atoms with E-state index in [2.05, 4.69) is 15.0 Å². The number of hydrogen-bond donors (Lipinski definition) is 1. The van der Waals surface area contributed by atoms with Crippen LogP contribution < -0.4 is 5.56 Å². The first-order chi connectivity index (χ1) is 9.72. The second kappa shape index (κ2) is 4.36. The zero-order chi connectivity index (χ0) is 13.7. The third-order valence-corrected chi connectivity index (χ3v) is 5.63. The van der Waals surface area contributed by atoms with Gasteiger partial charge >= 0.3 is 0 Å². The van der Waals surface area contributed by atoms with Crippen molar-refractivity contribution in [3.63, 3.8) is 0 Å². The average Bonchev–Trinajstić information content (AvgIpc) is 2.89. The highest BCUT2D eigenvalue weighted by atomic mass is 32.1. The van der Waals surface area contributed by atoms with Gasteiger partial charge in [0.1, 0.15) is 11.4 Å². The minimum Gasteiger partial charge on any atom is -0.370 e. The van der Waals surface area contributed by atoms with Gasteiger partial charge in [-0.1, -0.05) is 24.2 Å². The van der Waals surface area contributed by atoms with E-state index in [-0.39, 0.29) is 11.2 Å². The molecule has 2 aliphatic rings. The van der Waals surface area contributed by atoms with Gasteiger partial charge in [-0.15, -0.1) is 0 Å². The first-order valence-electron chi connectivity index (χ1n) is 7.18. The summed E-state index contributed by atoms with van der Waals surface area (Å²) in [6.07, 6.45) is 6.75. The number of aromatic nitrogens is 3. The standard InChI is InChI=1S/C14H17N3O2S/c1-19-14(6-7-14)13-16-10(18)9-12(17-13)20-11(15-9)8-4-2-3-5-8/h8H,2-7H2,1H3,(H,16,17,18). The van der Waals surface area contributed by atoms with E-state index in [1.54, 1.807) is 18.4 Å². The molecule has 5 nitrogen and oxygen atoms in total. The molecule has 2 fully saturated rings. The minimum absolute atomic E-state index is 0.131. The van der Waals surface area contributed by atoms with Gasteiger partial charge in [0.25, 0.3) is 5.56 Å². The number of nitrogens with zero attached hydrogens (tertiary/aromatic N) is 2. The molecule has 0 atom stereocenters. The summed E-state index contributed by atoms with van der Waals surface area (Å²) in [5.74, 6) is 1.19. The molecule has 2 aromatic rings. The van der Waals surface area contributed by atoms with Crippen molar-refractivity contribution < 1.29 is 4.74 Å². The number of fused-ring (bicyclic) bond motifs is 1. The molecular weight excluding hydrogens is 274 g/mol. The zero-order valence-electron chi connectivity index (χ0n) is 11.4. The van der Waals surface area contributed by atoms with Gasteiger partial charge in [0, 0.05) is 13.0 Å². The summed E-state index contributed by atoms with van der Waals surface area (Å²) in [6, 6.07) is 0. The molecule has 0 radical (unpaired) electrons. The number of hydrogen-bond acceptors (Lipinski definition) is 5. The van der Waals surface area contributed by atoms with Crippen LogP contribution in [0.25, 0.3) is 10.3 Å². The molecule has 2 saturated carbocycles. The summed E-state index contributed by atoms with van der Waals surface area (Å²) < 4.78 is 5.50. The molecule has 2 aromatic heterocycles. The highest BCUT2D eigenvalue weighted by Crippen LogP contribution is 2.47. The van der Waals surface area contributed by atoms with Gasteiger partial charge in [0.2, 0.25) is 0 Å². The Hall–Kier alpha value is -1.27. The van der Waals surface area contributed by atoms with Crippen molar-refractivity contribution >= 4 is 21.7 Å². The van der Waals surface area contributed by atoms with Crippen molar-refractivity contribution in [2.75, 3.05) is 7.11 Å². The van der Waals surface area contributed by atoms with E-state index in [9.17, 15) is 4.79 Å². The van der Waals surface area contributed by atoms with E-state index in [1.165, 1.54) is 25.7 Å². The Morgan fingerprint density at radius 2 is 2.05 bits per heavy atom. The number of methoxy groups -OCH3 is 1. The van der Waals surface area contributed by atoms with E-state index < -0.39 is 0 Å². The Labute approximate surface area is 120 Å². The molecule has 4 rings (SSSR count). The van der Waals surface area contributed by atoms with Crippen molar-refractivity contribution in [3.05, 3.63) is 21.2 Å². The van der Waals surface area contributed by atoms with Crippen LogP contribution in [0.1, 0.15) is 55.3 Å². The highest BCUT2D eigenvalue weighted by Gasteiger charge is 2.47. The maximum absolute atomic E-state index is 12.2. The molecule has 0 spiro atoms.